The van der Waals surface area contributed by atoms with E-state index in [1.54, 1.807) is 6.07 Å². The van der Waals surface area contributed by atoms with Gasteiger partial charge in [-0.05, 0) is 25.0 Å². The topological polar surface area (TPSA) is 35.2 Å². The van der Waals surface area contributed by atoms with E-state index in [2.05, 4.69) is 6.92 Å². The average molecular weight is 290 g/mol. The smallest absolute Gasteiger partial charge is 0.139 e. The van der Waals surface area contributed by atoms with Crippen LogP contribution in [-0.4, -0.2) is 6.61 Å². The van der Waals surface area contributed by atoms with Crippen LogP contribution in [-0.2, 0) is 0 Å². The van der Waals surface area contributed by atoms with Crippen LogP contribution in [0.4, 0.5) is 0 Å². The van der Waals surface area contributed by atoms with Gasteiger partial charge in [-0.15, -0.1) is 0 Å². The van der Waals surface area contributed by atoms with Gasteiger partial charge in [0.1, 0.15) is 5.75 Å². The van der Waals surface area contributed by atoms with E-state index >= 15 is 0 Å². The Kier molecular flexibility index (Phi) is 6.83. The van der Waals surface area contributed by atoms with Gasteiger partial charge < -0.3 is 10.5 Å². The quantitative estimate of drug-likeness (QED) is 0.719. The molecule has 0 aromatic heterocycles. The first kappa shape index (κ1) is 15.6. The van der Waals surface area contributed by atoms with Crippen LogP contribution in [0.5, 0.6) is 5.75 Å². The van der Waals surface area contributed by atoms with Crippen molar-refractivity contribution in [2.24, 2.45) is 5.73 Å². The Morgan fingerprint density at radius 2 is 1.89 bits per heavy atom. The fourth-order valence-corrected chi connectivity index (χ4v) is 2.38. The molecule has 0 aliphatic heterocycles. The lowest BCUT2D eigenvalue weighted by molar-refractivity contribution is 0.340. The Hall–Kier alpha value is -0.440. The summed E-state index contributed by atoms with van der Waals surface area (Å²) in [5.74, 6) is 0.619. The van der Waals surface area contributed by atoms with Crippen molar-refractivity contribution in [3.63, 3.8) is 0 Å². The highest BCUT2D eigenvalue weighted by Crippen LogP contribution is 2.34. The Bertz CT molecular complexity index is 382. The van der Waals surface area contributed by atoms with Gasteiger partial charge in [-0.1, -0.05) is 49.4 Å². The molecular weight excluding hydrogens is 269 g/mol. The van der Waals surface area contributed by atoms with E-state index in [1.807, 2.05) is 13.0 Å². The molecule has 0 amide bonds. The molecule has 1 unspecified atom stereocenters. The lowest BCUT2D eigenvalue weighted by atomic mass is 10.0. The van der Waals surface area contributed by atoms with E-state index in [1.165, 1.54) is 12.8 Å². The first-order valence-corrected chi connectivity index (χ1v) is 7.23. The zero-order chi connectivity index (χ0) is 13.5. The van der Waals surface area contributed by atoms with Crippen LogP contribution in [0.3, 0.4) is 0 Å². The molecule has 2 nitrogen and oxygen atoms in total. The van der Waals surface area contributed by atoms with Crippen LogP contribution >= 0.6 is 23.2 Å². The number of ether oxygens (including phenoxy) is 1. The molecule has 1 aromatic rings. The van der Waals surface area contributed by atoms with Gasteiger partial charge in [0.05, 0.1) is 11.6 Å². The molecule has 0 saturated heterocycles. The maximum Gasteiger partial charge on any atom is 0.139 e. The second-order valence-electron chi connectivity index (χ2n) is 4.34. The zero-order valence-corrected chi connectivity index (χ0v) is 12.5. The SMILES string of the molecule is CCCCCC(N)c1cc(Cl)c(OCC)cc1Cl. The van der Waals surface area contributed by atoms with Crippen molar-refractivity contribution in [3.05, 3.63) is 27.7 Å². The zero-order valence-electron chi connectivity index (χ0n) is 11.0. The third-order valence-electron chi connectivity index (χ3n) is 2.87. The van der Waals surface area contributed by atoms with Crippen LogP contribution < -0.4 is 10.5 Å². The van der Waals surface area contributed by atoms with E-state index < -0.39 is 0 Å². The van der Waals surface area contributed by atoms with Crippen LogP contribution in [0.25, 0.3) is 0 Å². The highest BCUT2D eigenvalue weighted by Gasteiger charge is 2.14. The summed E-state index contributed by atoms with van der Waals surface area (Å²) < 4.78 is 5.39. The normalized spacial score (nSPS) is 12.5. The fraction of sp³-hybridized carbons (Fsp3) is 0.571. The summed E-state index contributed by atoms with van der Waals surface area (Å²) in [6.07, 6.45) is 4.41. The number of nitrogens with two attached hydrogens (primary N) is 1. The minimum atomic E-state index is -0.0581. The van der Waals surface area contributed by atoms with E-state index in [9.17, 15) is 0 Å². The number of halogens is 2. The molecule has 0 aliphatic carbocycles. The molecule has 2 N–H and O–H groups in total. The summed E-state index contributed by atoms with van der Waals surface area (Å²) >= 11 is 12.4. The molecule has 0 heterocycles. The van der Waals surface area contributed by atoms with Crippen LogP contribution in [0, 0.1) is 0 Å². The molecule has 0 aliphatic rings. The number of hydrogen-bond acceptors (Lipinski definition) is 2. The van der Waals surface area contributed by atoms with Gasteiger partial charge in [0, 0.05) is 17.1 Å². The Morgan fingerprint density at radius 3 is 2.50 bits per heavy atom. The van der Waals surface area contributed by atoms with Gasteiger partial charge in [-0.2, -0.15) is 0 Å². The van der Waals surface area contributed by atoms with E-state index in [0.717, 1.165) is 18.4 Å². The van der Waals surface area contributed by atoms with Crippen molar-refractivity contribution in [2.45, 2.75) is 45.6 Å². The lowest BCUT2D eigenvalue weighted by Crippen LogP contribution is -2.11. The van der Waals surface area contributed by atoms with Gasteiger partial charge in [0.2, 0.25) is 0 Å². The van der Waals surface area contributed by atoms with Gasteiger partial charge in [0.25, 0.3) is 0 Å². The lowest BCUT2D eigenvalue weighted by Gasteiger charge is -2.16. The molecule has 1 aromatic carbocycles. The van der Waals surface area contributed by atoms with Gasteiger partial charge in [0.15, 0.2) is 0 Å². The minimum absolute atomic E-state index is 0.0581. The number of rotatable bonds is 7. The van der Waals surface area contributed by atoms with Crippen molar-refractivity contribution in [1.29, 1.82) is 0 Å². The molecule has 0 radical (unpaired) electrons. The fourth-order valence-electron chi connectivity index (χ4n) is 1.86. The van der Waals surface area contributed by atoms with Gasteiger partial charge in [-0.3, -0.25) is 0 Å². The molecule has 0 fully saturated rings. The summed E-state index contributed by atoms with van der Waals surface area (Å²) in [6, 6.07) is 3.52. The molecule has 4 heteroatoms. The first-order chi connectivity index (χ1) is 8.60. The van der Waals surface area contributed by atoms with E-state index in [4.69, 9.17) is 33.7 Å². The second kappa shape index (κ2) is 7.88. The van der Waals surface area contributed by atoms with Crippen LogP contribution in [0.2, 0.25) is 10.0 Å². The minimum Gasteiger partial charge on any atom is -0.492 e. The second-order valence-corrected chi connectivity index (χ2v) is 5.15. The van der Waals surface area contributed by atoms with E-state index in [0.29, 0.717) is 22.4 Å². The van der Waals surface area contributed by atoms with Crippen molar-refractivity contribution in [3.8, 4) is 5.75 Å². The third kappa shape index (κ3) is 4.34. The van der Waals surface area contributed by atoms with Crippen molar-refractivity contribution in [2.75, 3.05) is 6.61 Å². The Labute approximate surface area is 119 Å². The molecule has 102 valence electrons. The average Bonchev–Trinajstić information content (AvgIpc) is 2.34. The molecule has 0 spiro atoms. The summed E-state index contributed by atoms with van der Waals surface area (Å²) in [6.45, 7) is 4.65. The van der Waals surface area contributed by atoms with Crippen molar-refractivity contribution >= 4 is 23.2 Å². The third-order valence-corrected chi connectivity index (χ3v) is 3.49. The maximum atomic E-state index is 6.23. The Morgan fingerprint density at radius 1 is 1.17 bits per heavy atom. The van der Waals surface area contributed by atoms with Crippen LogP contribution in [0.15, 0.2) is 12.1 Å². The monoisotopic (exact) mass is 289 g/mol. The number of benzene rings is 1. The summed E-state index contributed by atoms with van der Waals surface area (Å²) in [4.78, 5) is 0. The predicted molar refractivity (Wildman–Crippen MR) is 78.7 cm³/mol. The summed E-state index contributed by atoms with van der Waals surface area (Å²) in [5, 5.41) is 1.20. The summed E-state index contributed by atoms with van der Waals surface area (Å²) in [7, 11) is 0. The van der Waals surface area contributed by atoms with Crippen molar-refractivity contribution in [1.82, 2.24) is 0 Å². The van der Waals surface area contributed by atoms with Gasteiger partial charge >= 0.3 is 0 Å². The molecule has 0 bridgehead atoms. The van der Waals surface area contributed by atoms with E-state index in [-0.39, 0.29) is 6.04 Å². The standard InChI is InChI=1S/C14H21Cl2NO/c1-3-5-6-7-13(17)10-8-12(16)14(18-4-2)9-11(10)15/h8-9,13H,3-7,17H2,1-2H3. The molecule has 1 rings (SSSR count). The number of unbranched alkanes of at least 4 members (excludes halogenated alkanes) is 2. The molecule has 18 heavy (non-hydrogen) atoms. The highest BCUT2D eigenvalue weighted by atomic mass is 35.5. The molecule has 1 atom stereocenters. The maximum absolute atomic E-state index is 6.23. The Balaban J connectivity index is 2.79. The summed E-state index contributed by atoms with van der Waals surface area (Å²) in [5.41, 5.74) is 7.05. The van der Waals surface area contributed by atoms with Crippen molar-refractivity contribution < 1.29 is 4.74 Å². The predicted octanol–water partition coefficient (Wildman–Crippen LogP) is 4.97. The molecular formula is C14H21Cl2NO. The highest BCUT2D eigenvalue weighted by molar-refractivity contribution is 6.34. The van der Waals surface area contributed by atoms with Gasteiger partial charge in [-0.25, -0.2) is 0 Å². The molecule has 0 saturated carbocycles. The largest absolute Gasteiger partial charge is 0.492 e. The number of hydrogen-bond donors (Lipinski definition) is 1. The first-order valence-electron chi connectivity index (χ1n) is 6.47. The van der Waals surface area contributed by atoms with Crippen LogP contribution in [0.1, 0.15) is 51.1 Å².